The number of nitrogens with two attached hydrogens (primary N) is 1. The number of hydrogen-bond acceptors (Lipinski definition) is 3. The van der Waals surface area contributed by atoms with Crippen LogP contribution in [0.5, 0.6) is 0 Å². The van der Waals surface area contributed by atoms with Crippen molar-refractivity contribution in [2.75, 3.05) is 13.1 Å². The Labute approximate surface area is 123 Å². The van der Waals surface area contributed by atoms with E-state index >= 15 is 0 Å². The zero-order valence-corrected chi connectivity index (χ0v) is 12.0. The maximum atomic E-state index is 12.5. The molecule has 110 valence electrons. The van der Waals surface area contributed by atoms with E-state index in [0.717, 1.165) is 29.8 Å². The molecule has 1 aromatic heterocycles. The fraction of sp³-hybridized carbons (Fsp3) is 0.500. The van der Waals surface area contributed by atoms with Gasteiger partial charge in [-0.15, -0.1) is 0 Å². The van der Waals surface area contributed by atoms with Gasteiger partial charge in [0.1, 0.15) is 12.4 Å². The number of hydrogen-bond donors (Lipinski definition) is 1. The summed E-state index contributed by atoms with van der Waals surface area (Å²) in [6, 6.07) is 8.22. The Bertz CT molecular complexity index is 689. The van der Waals surface area contributed by atoms with Gasteiger partial charge in [0.2, 0.25) is 5.91 Å². The van der Waals surface area contributed by atoms with Gasteiger partial charge in [-0.1, -0.05) is 12.1 Å². The van der Waals surface area contributed by atoms with Crippen molar-refractivity contribution in [1.29, 1.82) is 0 Å². The highest BCUT2D eigenvalue weighted by Gasteiger charge is 2.31. The normalized spacial score (nSPS) is 22.1. The Morgan fingerprint density at radius 2 is 2.10 bits per heavy atom. The molecule has 5 heteroatoms. The van der Waals surface area contributed by atoms with E-state index < -0.39 is 0 Å². The molecule has 0 radical (unpaired) electrons. The summed E-state index contributed by atoms with van der Waals surface area (Å²) >= 11 is 0. The molecule has 2 heterocycles. The monoisotopic (exact) mass is 284 g/mol. The van der Waals surface area contributed by atoms with Crippen LogP contribution in [0.2, 0.25) is 0 Å². The van der Waals surface area contributed by atoms with Crippen LogP contribution in [0.3, 0.4) is 0 Å². The summed E-state index contributed by atoms with van der Waals surface area (Å²) in [6.07, 6.45) is 3.28. The van der Waals surface area contributed by atoms with Crippen LogP contribution in [0, 0.1) is 0 Å². The number of likely N-dealkylation sites (tertiary alicyclic amines) is 1. The summed E-state index contributed by atoms with van der Waals surface area (Å²) in [5.74, 6) is 1.77. The van der Waals surface area contributed by atoms with Gasteiger partial charge in [-0.05, 0) is 31.4 Å². The Hall–Kier alpha value is -1.88. The van der Waals surface area contributed by atoms with Crippen LogP contribution in [0.1, 0.15) is 31.0 Å². The van der Waals surface area contributed by atoms with Gasteiger partial charge in [0, 0.05) is 25.0 Å². The van der Waals surface area contributed by atoms with Crippen molar-refractivity contribution in [1.82, 2.24) is 14.5 Å². The van der Waals surface area contributed by atoms with Crippen molar-refractivity contribution in [2.24, 2.45) is 5.73 Å². The Morgan fingerprint density at radius 1 is 1.29 bits per heavy atom. The number of imidazole rings is 1. The Morgan fingerprint density at radius 3 is 2.81 bits per heavy atom. The molecule has 0 unspecified atom stereocenters. The number of carbonyl (C=O) groups is 1. The summed E-state index contributed by atoms with van der Waals surface area (Å²) < 4.78 is 2.11. The van der Waals surface area contributed by atoms with Crippen molar-refractivity contribution in [2.45, 2.75) is 37.8 Å². The highest BCUT2D eigenvalue weighted by Crippen LogP contribution is 2.40. The van der Waals surface area contributed by atoms with Gasteiger partial charge >= 0.3 is 0 Å². The van der Waals surface area contributed by atoms with Gasteiger partial charge < -0.3 is 15.2 Å². The highest BCUT2D eigenvalue weighted by atomic mass is 16.2. The second-order valence-corrected chi connectivity index (χ2v) is 6.21. The molecule has 2 fully saturated rings. The van der Waals surface area contributed by atoms with Crippen molar-refractivity contribution in [3.63, 3.8) is 0 Å². The van der Waals surface area contributed by atoms with Crippen LogP contribution < -0.4 is 5.73 Å². The second-order valence-electron chi connectivity index (χ2n) is 6.21. The zero-order chi connectivity index (χ0) is 14.4. The zero-order valence-electron chi connectivity index (χ0n) is 12.0. The molecule has 1 saturated carbocycles. The van der Waals surface area contributed by atoms with Crippen LogP contribution in [-0.4, -0.2) is 39.5 Å². The van der Waals surface area contributed by atoms with Crippen LogP contribution in [0.25, 0.3) is 11.0 Å². The number of rotatable bonds is 3. The molecule has 1 aromatic carbocycles. The van der Waals surface area contributed by atoms with Crippen LogP contribution in [0.15, 0.2) is 24.3 Å². The van der Waals surface area contributed by atoms with Gasteiger partial charge in [0.25, 0.3) is 0 Å². The first-order valence-corrected chi connectivity index (χ1v) is 7.71. The molecular formula is C16H20N4O. The summed E-state index contributed by atoms with van der Waals surface area (Å²) in [5.41, 5.74) is 7.96. The van der Waals surface area contributed by atoms with E-state index in [0.29, 0.717) is 19.0 Å². The maximum Gasteiger partial charge on any atom is 0.242 e. The Kier molecular flexibility index (Phi) is 2.96. The molecule has 1 saturated heterocycles. The van der Waals surface area contributed by atoms with Crippen molar-refractivity contribution in [3.8, 4) is 0 Å². The third kappa shape index (κ3) is 2.31. The molecule has 5 nitrogen and oxygen atoms in total. The largest absolute Gasteiger partial charge is 0.340 e. The molecule has 2 N–H and O–H groups in total. The van der Waals surface area contributed by atoms with Gasteiger partial charge in [0.05, 0.1) is 11.0 Å². The first-order chi connectivity index (χ1) is 10.2. The minimum Gasteiger partial charge on any atom is -0.340 e. The number of carbonyl (C=O) groups excluding carboxylic acids is 1. The molecule has 2 aromatic rings. The third-order valence-electron chi connectivity index (χ3n) is 4.50. The molecule has 0 bridgehead atoms. The standard InChI is InChI=1S/C16H20N4O/c17-12-7-8-19(9-12)15(21)10-20-14-4-2-1-3-13(14)18-16(20)11-5-6-11/h1-4,11-12H,5-10,17H2/t12-/m1/s1. The fourth-order valence-electron chi connectivity index (χ4n) is 3.16. The van der Waals surface area contributed by atoms with Gasteiger partial charge in [-0.25, -0.2) is 4.98 Å². The lowest BCUT2D eigenvalue weighted by Gasteiger charge is -2.17. The smallest absolute Gasteiger partial charge is 0.242 e. The molecule has 1 amide bonds. The minimum atomic E-state index is 0.136. The molecule has 21 heavy (non-hydrogen) atoms. The molecule has 1 aliphatic carbocycles. The lowest BCUT2D eigenvalue weighted by atomic mass is 10.3. The summed E-state index contributed by atoms with van der Waals surface area (Å²) in [5, 5.41) is 0. The average molecular weight is 284 g/mol. The molecule has 0 spiro atoms. The predicted molar refractivity (Wildman–Crippen MR) is 80.9 cm³/mol. The second kappa shape index (κ2) is 4.84. The van der Waals surface area contributed by atoms with Gasteiger partial charge in [0.15, 0.2) is 0 Å². The lowest BCUT2D eigenvalue weighted by Crippen LogP contribution is -2.34. The first-order valence-electron chi connectivity index (χ1n) is 7.71. The van der Waals surface area contributed by atoms with Crippen LogP contribution >= 0.6 is 0 Å². The van der Waals surface area contributed by atoms with E-state index in [4.69, 9.17) is 10.7 Å². The summed E-state index contributed by atoms with van der Waals surface area (Å²) in [4.78, 5) is 19.1. The van der Waals surface area contributed by atoms with E-state index in [1.165, 1.54) is 12.8 Å². The number of amides is 1. The van der Waals surface area contributed by atoms with Crippen molar-refractivity contribution < 1.29 is 4.79 Å². The van der Waals surface area contributed by atoms with E-state index in [1.54, 1.807) is 0 Å². The number of nitrogens with zero attached hydrogens (tertiary/aromatic N) is 3. The molecule has 1 aliphatic heterocycles. The van der Waals surface area contributed by atoms with E-state index in [9.17, 15) is 4.79 Å². The number of para-hydroxylation sites is 2. The molecular weight excluding hydrogens is 264 g/mol. The SMILES string of the molecule is N[C@@H]1CCN(C(=O)Cn2c(C3CC3)nc3ccccc32)C1. The van der Waals surface area contributed by atoms with Gasteiger partial charge in [-0.2, -0.15) is 0 Å². The van der Waals surface area contributed by atoms with Crippen molar-refractivity contribution >= 4 is 16.9 Å². The predicted octanol–water partition coefficient (Wildman–Crippen LogP) is 1.47. The van der Waals surface area contributed by atoms with E-state index in [1.807, 2.05) is 23.1 Å². The first kappa shape index (κ1) is 12.8. The van der Waals surface area contributed by atoms with E-state index in [-0.39, 0.29) is 11.9 Å². The van der Waals surface area contributed by atoms with Crippen molar-refractivity contribution in [3.05, 3.63) is 30.1 Å². The topological polar surface area (TPSA) is 64.2 Å². The average Bonchev–Trinajstić information content (AvgIpc) is 3.14. The molecule has 1 atom stereocenters. The summed E-state index contributed by atoms with van der Waals surface area (Å²) in [7, 11) is 0. The Balaban J connectivity index is 1.65. The highest BCUT2D eigenvalue weighted by molar-refractivity contribution is 5.81. The summed E-state index contributed by atoms with van der Waals surface area (Å²) in [6.45, 7) is 1.86. The van der Waals surface area contributed by atoms with E-state index in [2.05, 4.69) is 10.6 Å². The van der Waals surface area contributed by atoms with Crippen LogP contribution in [0.4, 0.5) is 0 Å². The maximum absolute atomic E-state index is 12.5. The fourth-order valence-corrected chi connectivity index (χ4v) is 3.16. The lowest BCUT2D eigenvalue weighted by molar-refractivity contribution is -0.130. The number of aromatic nitrogens is 2. The third-order valence-corrected chi connectivity index (χ3v) is 4.50. The van der Waals surface area contributed by atoms with Gasteiger partial charge in [-0.3, -0.25) is 4.79 Å². The molecule has 2 aliphatic rings. The quantitative estimate of drug-likeness (QED) is 0.928. The minimum absolute atomic E-state index is 0.136. The number of fused-ring (bicyclic) bond motifs is 1. The van der Waals surface area contributed by atoms with Crippen LogP contribution in [-0.2, 0) is 11.3 Å². The number of benzene rings is 1. The molecule has 4 rings (SSSR count).